The maximum absolute atomic E-state index is 9.07. The minimum absolute atomic E-state index is 0.509. The van der Waals surface area contributed by atoms with Crippen molar-refractivity contribution in [3.05, 3.63) is 53.7 Å². The lowest BCUT2D eigenvalue weighted by Gasteiger charge is -2.20. The van der Waals surface area contributed by atoms with Crippen LogP contribution in [0, 0.1) is 11.3 Å². The van der Waals surface area contributed by atoms with Crippen LogP contribution in [0.25, 0.3) is 0 Å². The fourth-order valence-electron chi connectivity index (χ4n) is 1.85. The van der Waals surface area contributed by atoms with E-state index >= 15 is 0 Å². The molecule has 0 atom stereocenters. The second kappa shape index (κ2) is 5.19. The molecule has 0 radical (unpaired) electrons. The SMILES string of the molecule is CN(Cc1ccnc(N)c1)c1ccccc1C#N. The Hall–Kier alpha value is -2.54. The topological polar surface area (TPSA) is 65.9 Å². The molecular weight excluding hydrogens is 224 g/mol. The monoisotopic (exact) mass is 238 g/mol. The first-order chi connectivity index (χ1) is 8.70. The molecule has 0 saturated heterocycles. The van der Waals surface area contributed by atoms with Gasteiger partial charge in [0.1, 0.15) is 11.9 Å². The van der Waals surface area contributed by atoms with Gasteiger partial charge in [-0.2, -0.15) is 5.26 Å². The van der Waals surface area contributed by atoms with Gasteiger partial charge in [-0.25, -0.2) is 4.98 Å². The number of para-hydroxylation sites is 1. The van der Waals surface area contributed by atoms with E-state index in [1.165, 1.54) is 0 Å². The molecule has 4 nitrogen and oxygen atoms in total. The molecule has 2 N–H and O–H groups in total. The van der Waals surface area contributed by atoms with Gasteiger partial charge in [-0.15, -0.1) is 0 Å². The van der Waals surface area contributed by atoms with Crippen LogP contribution in [0.3, 0.4) is 0 Å². The first-order valence-corrected chi connectivity index (χ1v) is 5.61. The third-order valence-electron chi connectivity index (χ3n) is 2.70. The van der Waals surface area contributed by atoms with E-state index in [-0.39, 0.29) is 0 Å². The Morgan fingerprint density at radius 2 is 2.11 bits per heavy atom. The van der Waals surface area contributed by atoms with E-state index in [0.717, 1.165) is 11.3 Å². The molecule has 0 amide bonds. The summed E-state index contributed by atoms with van der Waals surface area (Å²) in [5, 5.41) is 9.07. The highest BCUT2D eigenvalue weighted by atomic mass is 15.1. The van der Waals surface area contributed by atoms with Crippen LogP contribution in [0.5, 0.6) is 0 Å². The van der Waals surface area contributed by atoms with Crippen LogP contribution in [-0.2, 0) is 6.54 Å². The Balaban J connectivity index is 2.22. The van der Waals surface area contributed by atoms with Crippen molar-refractivity contribution in [2.75, 3.05) is 17.7 Å². The Kier molecular flexibility index (Phi) is 3.44. The maximum Gasteiger partial charge on any atom is 0.123 e. The second-order valence-electron chi connectivity index (χ2n) is 4.07. The van der Waals surface area contributed by atoms with Crippen molar-refractivity contribution in [3.63, 3.8) is 0 Å². The van der Waals surface area contributed by atoms with Crippen LogP contribution < -0.4 is 10.6 Å². The molecule has 0 spiro atoms. The molecule has 4 heteroatoms. The van der Waals surface area contributed by atoms with Crippen molar-refractivity contribution in [2.24, 2.45) is 0 Å². The molecule has 0 aliphatic heterocycles. The highest BCUT2D eigenvalue weighted by molar-refractivity contribution is 5.59. The maximum atomic E-state index is 9.07. The van der Waals surface area contributed by atoms with Crippen molar-refractivity contribution < 1.29 is 0 Å². The fourth-order valence-corrected chi connectivity index (χ4v) is 1.85. The van der Waals surface area contributed by atoms with Gasteiger partial charge in [-0.3, -0.25) is 0 Å². The molecule has 0 saturated carbocycles. The van der Waals surface area contributed by atoms with E-state index in [2.05, 4.69) is 11.1 Å². The molecule has 0 aliphatic carbocycles. The van der Waals surface area contributed by atoms with Gasteiger partial charge < -0.3 is 10.6 Å². The highest BCUT2D eigenvalue weighted by Crippen LogP contribution is 2.20. The Morgan fingerprint density at radius 1 is 1.33 bits per heavy atom. The van der Waals surface area contributed by atoms with Gasteiger partial charge in [-0.1, -0.05) is 12.1 Å². The molecule has 2 aromatic rings. The molecule has 90 valence electrons. The van der Waals surface area contributed by atoms with E-state index in [1.54, 1.807) is 6.20 Å². The van der Waals surface area contributed by atoms with Gasteiger partial charge in [0.15, 0.2) is 0 Å². The number of benzene rings is 1. The lowest BCUT2D eigenvalue weighted by molar-refractivity contribution is 0.918. The summed E-state index contributed by atoms with van der Waals surface area (Å²) in [6, 6.07) is 13.5. The van der Waals surface area contributed by atoms with Crippen LogP contribution in [0.15, 0.2) is 42.6 Å². The van der Waals surface area contributed by atoms with Gasteiger partial charge in [0.25, 0.3) is 0 Å². The van der Waals surface area contributed by atoms with Gasteiger partial charge in [0.2, 0.25) is 0 Å². The summed E-state index contributed by atoms with van der Waals surface area (Å²) in [6.07, 6.45) is 1.69. The summed E-state index contributed by atoms with van der Waals surface area (Å²) in [4.78, 5) is 5.98. The van der Waals surface area contributed by atoms with E-state index in [4.69, 9.17) is 11.0 Å². The number of nitrogens with zero attached hydrogens (tertiary/aromatic N) is 3. The largest absolute Gasteiger partial charge is 0.384 e. The number of anilines is 2. The lowest BCUT2D eigenvalue weighted by atomic mass is 10.1. The number of hydrogen-bond donors (Lipinski definition) is 1. The molecule has 1 aromatic carbocycles. The molecule has 0 aliphatic rings. The number of aromatic nitrogens is 1. The van der Waals surface area contributed by atoms with Gasteiger partial charge in [0.05, 0.1) is 11.3 Å². The molecule has 2 rings (SSSR count). The molecular formula is C14H14N4. The van der Waals surface area contributed by atoms with E-state index in [0.29, 0.717) is 17.9 Å². The van der Waals surface area contributed by atoms with Crippen LogP contribution >= 0.6 is 0 Å². The minimum Gasteiger partial charge on any atom is -0.384 e. The van der Waals surface area contributed by atoms with E-state index in [9.17, 15) is 0 Å². The highest BCUT2D eigenvalue weighted by Gasteiger charge is 2.07. The Labute approximate surface area is 106 Å². The predicted octanol–water partition coefficient (Wildman–Crippen LogP) is 2.17. The van der Waals surface area contributed by atoms with Crippen LogP contribution in [0.1, 0.15) is 11.1 Å². The number of nitrogens with two attached hydrogens (primary N) is 1. The normalized spacial score (nSPS) is 9.78. The number of rotatable bonds is 3. The minimum atomic E-state index is 0.509. The predicted molar refractivity (Wildman–Crippen MR) is 71.9 cm³/mol. The molecule has 0 unspecified atom stereocenters. The molecule has 1 heterocycles. The Morgan fingerprint density at radius 3 is 2.83 bits per heavy atom. The molecule has 0 bridgehead atoms. The van der Waals surface area contributed by atoms with Crippen molar-refractivity contribution >= 4 is 11.5 Å². The van der Waals surface area contributed by atoms with Crippen molar-refractivity contribution in [1.82, 2.24) is 4.98 Å². The van der Waals surface area contributed by atoms with Crippen molar-refractivity contribution in [1.29, 1.82) is 5.26 Å². The van der Waals surface area contributed by atoms with Gasteiger partial charge in [0, 0.05) is 19.8 Å². The average Bonchev–Trinajstić information content (AvgIpc) is 2.38. The number of nitriles is 1. The summed E-state index contributed by atoms with van der Waals surface area (Å²) in [5.74, 6) is 0.509. The lowest BCUT2D eigenvalue weighted by Crippen LogP contribution is -2.17. The Bertz CT molecular complexity index is 586. The van der Waals surface area contributed by atoms with E-state index in [1.807, 2.05) is 48.3 Å². The molecule has 0 fully saturated rings. The summed E-state index contributed by atoms with van der Waals surface area (Å²) < 4.78 is 0. The average molecular weight is 238 g/mol. The van der Waals surface area contributed by atoms with Crippen molar-refractivity contribution in [2.45, 2.75) is 6.54 Å². The summed E-state index contributed by atoms with van der Waals surface area (Å²) in [7, 11) is 1.95. The molecule has 1 aromatic heterocycles. The summed E-state index contributed by atoms with van der Waals surface area (Å²) >= 11 is 0. The first-order valence-electron chi connectivity index (χ1n) is 5.61. The smallest absolute Gasteiger partial charge is 0.123 e. The van der Waals surface area contributed by atoms with Crippen LogP contribution in [0.4, 0.5) is 11.5 Å². The van der Waals surface area contributed by atoms with Gasteiger partial charge >= 0.3 is 0 Å². The first kappa shape index (κ1) is 11.9. The quantitative estimate of drug-likeness (QED) is 0.890. The van der Waals surface area contributed by atoms with Crippen LogP contribution in [0.2, 0.25) is 0 Å². The number of pyridine rings is 1. The second-order valence-corrected chi connectivity index (χ2v) is 4.07. The zero-order valence-electron chi connectivity index (χ0n) is 10.2. The van der Waals surface area contributed by atoms with Crippen molar-refractivity contribution in [3.8, 4) is 6.07 Å². The summed E-state index contributed by atoms with van der Waals surface area (Å²) in [6.45, 7) is 0.686. The molecule has 18 heavy (non-hydrogen) atoms. The number of hydrogen-bond acceptors (Lipinski definition) is 4. The third kappa shape index (κ3) is 2.58. The van der Waals surface area contributed by atoms with Gasteiger partial charge in [-0.05, 0) is 29.8 Å². The zero-order chi connectivity index (χ0) is 13.0. The fraction of sp³-hybridized carbons (Fsp3) is 0.143. The third-order valence-corrected chi connectivity index (χ3v) is 2.70. The number of nitrogen functional groups attached to an aromatic ring is 1. The standard InChI is InChI=1S/C14H14N4/c1-18(10-11-6-7-17-14(16)8-11)13-5-3-2-4-12(13)9-15/h2-8H,10H2,1H3,(H2,16,17). The van der Waals surface area contributed by atoms with E-state index < -0.39 is 0 Å². The van der Waals surface area contributed by atoms with Crippen LogP contribution in [-0.4, -0.2) is 12.0 Å². The summed E-state index contributed by atoms with van der Waals surface area (Å²) in [5.41, 5.74) is 8.30. The zero-order valence-corrected chi connectivity index (χ0v) is 10.2.